The molecule has 1 fully saturated rings. The fraction of sp³-hybridized carbons (Fsp3) is 0.421. The minimum atomic E-state index is 0.100. The highest BCUT2D eigenvalue weighted by atomic mass is 16.5. The molecule has 1 saturated heterocycles. The summed E-state index contributed by atoms with van der Waals surface area (Å²) in [6.45, 7) is 7.57. The lowest BCUT2D eigenvalue weighted by Gasteiger charge is -2.23. The molecule has 0 saturated carbocycles. The Morgan fingerprint density at radius 3 is 2.84 bits per heavy atom. The van der Waals surface area contributed by atoms with E-state index in [0.717, 1.165) is 43.0 Å². The van der Waals surface area contributed by atoms with E-state index in [9.17, 15) is 4.79 Å². The molecule has 0 atom stereocenters. The van der Waals surface area contributed by atoms with Crippen molar-refractivity contribution in [3.05, 3.63) is 47.8 Å². The van der Waals surface area contributed by atoms with Crippen molar-refractivity contribution in [3.8, 4) is 5.88 Å². The van der Waals surface area contributed by atoms with Crippen molar-refractivity contribution in [2.24, 2.45) is 0 Å². The molecule has 6 nitrogen and oxygen atoms in total. The molecule has 0 unspecified atom stereocenters. The largest absolute Gasteiger partial charge is 0.478 e. The summed E-state index contributed by atoms with van der Waals surface area (Å²) in [5.74, 6) is 1.54. The number of anilines is 1. The van der Waals surface area contributed by atoms with Crippen molar-refractivity contribution in [3.63, 3.8) is 0 Å². The lowest BCUT2D eigenvalue weighted by Crippen LogP contribution is -2.35. The maximum atomic E-state index is 12.7. The lowest BCUT2D eigenvalue weighted by molar-refractivity contribution is 0.0767. The Morgan fingerprint density at radius 2 is 2.04 bits per heavy atom. The first kappa shape index (κ1) is 17.2. The van der Waals surface area contributed by atoms with Crippen LogP contribution in [0.3, 0.4) is 0 Å². The molecule has 2 aromatic rings. The smallest absolute Gasteiger partial charge is 0.253 e. The molecule has 2 heterocycles. The number of amides is 1. The summed E-state index contributed by atoms with van der Waals surface area (Å²) in [6.07, 6.45) is 2.44. The second-order valence-electron chi connectivity index (χ2n) is 6.15. The summed E-state index contributed by atoms with van der Waals surface area (Å²) in [5.41, 5.74) is 1.86. The summed E-state index contributed by atoms with van der Waals surface area (Å²) in [4.78, 5) is 25.3. The quantitative estimate of drug-likeness (QED) is 0.856. The number of carbonyl (C=O) groups is 1. The zero-order chi connectivity index (χ0) is 17.6. The average molecular weight is 340 g/mol. The number of aryl methyl sites for hydroxylation is 1. The van der Waals surface area contributed by atoms with Gasteiger partial charge in [-0.15, -0.1) is 0 Å². The van der Waals surface area contributed by atoms with Gasteiger partial charge >= 0.3 is 0 Å². The molecule has 0 spiro atoms. The van der Waals surface area contributed by atoms with Crippen molar-refractivity contribution in [2.75, 3.05) is 37.7 Å². The van der Waals surface area contributed by atoms with Gasteiger partial charge < -0.3 is 14.5 Å². The van der Waals surface area contributed by atoms with Crippen LogP contribution in [0.5, 0.6) is 5.88 Å². The van der Waals surface area contributed by atoms with Crippen LogP contribution in [0.15, 0.2) is 36.7 Å². The number of rotatable bonds is 4. The van der Waals surface area contributed by atoms with Gasteiger partial charge in [0.15, 0.2) is 0 Å². The summed E-state index contributed by atoms with van der Waals surface area (Å²) >= 11 is 0. The van der Waals surface area contributed by atoms with Crippen molar-refractivity contribution in [1.29, 1.82) is 0 Å². The lowest BCUT2D eigenvalue weighted by atomic mass is 10.1. The van der Waals surface area contributed by atoms with Gasteiger partial charge in [-0.25, -0.2) is 9.97 Å². The van der Waals surface area contributed by atoms with E-state index in [2.05, 4.69) is 14.9 Å². The third kappa shape index (κ3) is 4.26. The van der Waals surface area contributed by atoms with Crippen molar-refractivity contribution in [2.45, 2.75) is 20.3 Å². The molecule has 25 heavy (non-hydrogen) atoms. The fourth-order valence-corrected chi connectivity index (χ4v) is 3.04. The number of nitrogens with zero attached hydrogens (tertiary/aromatic N) is 4. The molecule has 1 amide bonds. The van der Waals surface area contributed by atoms with Crippen LogP contribution < -0.4 is 9.64 Å². The summed E-state index contributed by atoms with van der Waals surface area (Å²) in [7, 11) is 0. The Morgan fingerprint density at radius 1 is 1.16 bits per heavy atom. The van der Waals surface area contributed by atoms with Crippen LogP contribution in [0.1, 0.15) is 29.3 Å². The van der Waals surface area contributed by atoms with Gasteiger partial charge in [-0.05, 0) is 32.4 Å². The number of hydrogen-bond acceptors (Lipinski definition) is 5. The molecular weight excluding hydrogens is 316 g/mol. The molecule has 0 radical (unpaired) electrons. The van der Waals surface area contributed by atoms with Crippen molar-refractivity contribution in [1.82, 2.24) is 14.9 Å². The fourth-order valence-electron chi connectivity index (χ4n) is 3.04. The van der Waals surface area contributed by atoms with E-state index in [0.29, 0.717) is 19.0 Å². The molecule has 6 heteroatoms. The third-order valence-electron chi connectivity index (χ3n) is 4.29. The topological polar surface area (TPSA) is 58.6 Å². The zero-order valence-electron chi connectivity index (χ0n) is 14.8. The Balaban J connectivity index is 1.68. The first-order valence-electron chi connectivity index (χ1n) is 8.73. The Kier molecular flexibility index (Phi) is 5.48. The number of benzene rings is 1. The van der Waals surface area contributed by atoms with E-state index < -0.39 is 0 Å². The molecule has 1 aliphatic heterocycles. The SMILES string of the molecule is CCOc1cc(N2CCCN(C(=O)c3cccc(C)c3)CC2)ncn1. The average Bonchev–Trinajstić information content (AvgIpc) is 2.88. The van der Waals surface area contributed by atoms with E-state index in [1.54, 1.807) is 0 Å². The number of hydrogen-bond donors (Lipinski definition) is 0. The molecule has 1 aromatic carbocycles. The molecule has 132 valence electrons. The normalized spacial score (nSPS) is 15.0. The minimum absolute atomic E-state index is 0.100. The van der Waals surface area contributed by atoms with Crippen LogP contribution in [0.25, 0.3) is 0 Å². The van der Waals surface area contributed by atoms with Gasteiger partial charge in [0.05, 0.1) is 6.61 Å². The van der Waals surface area contributed by atoms with Crippen LogP contribution in [0, 0.1) is 6.92 Å². The highest BCUT2D eigenvalue weighted by Crippen LogP contribution is 2.18. The van der Waals surface area contributed by atoms with Crippen LogP contribution in [0.2, 0.25) is 0 Å². The Bertz CT molecular complexity index is 735. The van der Waals surface area contributed by atoms with E-state index >= 15 is 0 Å². The van der Waals surface area contributed by atoms with Gasteiger partial charge in [-0.1, -0.05) is 17.7 Å². The number of ether oxygens (including phenoxy) is 1. The highest BCUT2D eigenvalue weighted by Gasteiger charge is 2.21. The predicted octanol–water partition coefficient (Wildman–Crippen LogP) is 2.54. The first-order chi connectivity index (χ1) is 12.2. The van der Waals surface area contributed by atoms with E-state index in [-0.39, 0.29) is 5.91 Å². The van der Waals surface area contributed by atoms with Gasteiger partial charge in [0.1, 0.15) is 12.1 Å². The van der Waals surface area contributed by atoms with E-state index in [4.69, 9.17) is 4.74 Å². The summed E-state index contributed by atoms with van der Waals surface area (Å²) < 4.78 is 5.45. The highest BCUT2D eigenvalue weighted by molar-refractivity contribution is 5.94. The van der Waals surface area contributed by atoms with E-state index in [1.165, 1.54) is 6.33 Å². The maximum Gasteiger partial charge on any atom is 0.253 e. The van der Waals surface area contributed by atoms with Gasteiger partial charge in [-0.3, -0.25) is 4.79 Å². The van der Waals surface area contributed by atoms with Crippen LogP contribution in [0.4, 0.5) is 5.82 Å². The molecular formula is C19H24N4O2. The summed E-state index contributed by atoms with van der Waals surface area (Å²) in [6, 6.07) is 9.64. The molecule has 0 bridgehead atoms. The maximum absolute atomic E-state index is 12.7. The monoisotopic (exact) mass is 340 g/mol. The Hall–Kier alpha value is -2.63. The van der Waals surface area contributed by atoms with E-state index in [1.807, 2.05) is 49.1 Å². The van der Waals surface area contributed by atoms with Gasteiger partial charge in [0.2, 0.25) is 5.88 Å². The summed E-state index contributed by atoms with van der Waals surface area (Å²) in [5, 5.41) is 0. The standard InChI is InChI=1S/C19H24N4O2/c1-3-25-18-13-17(20-14-21-18)22-8-5-9-23(11-10-22)19(24)16-7-4-6-15(2)12-16/h4,6-7,12-14H,3,5,8-11H2,1-2H3. The number of aromatic nitrogens is 2. The van der Waals surface area contributed by atoms with Gasteiger partial charge in [0, 0.05) is 37.8 Å². The van der Waals surface area contributed by atoms with Gasteiger partial charge in [0.25, 0.3) is 5.91 Å². The van der Waals surface area contributed by atoms with Crippen LogP contribution >= 0.6 is 0 Å². The minimum Gasteiger partial charge on any atom is -0.478 e. The third-order valence-corrected chi connectivity index (χ3v) is 4.29. The predicted molar refractivity (Wildman–Crippen MR) is 97.1 cm³/mol. The van der Waals surface area contributed by atoms with Gasteiger partial charge in [-0.2, -0.15) is 0 Å². The van der Waals surface area contributed by atoms with Crippen LogP contribution in [-0.4, -0.2) is 53.6 Å². The molecule has 1 aromatic heterocycles. The molecule has 3 rings (SSSR count). The zero-order valence-corrected chi connectivity index (χ0v) is 14.8. The second-order valence-corrected chi connectivity index (χ2v) is 6.15. The van der Waals surface area contributed by atoms with Crippen molar-refractivity contribution < 1.29 is 9.53 Å². The first-order valence-corrected chi connectivity index (χ1v) is 8.73. The Labute approximate surface area is 148 Å². The number of carbonyl (C=O) groups excluding carboxylic acids is 1. The van der Waals surface area contributed by atoms with Crippen LogP contribution in [-0.2, 0) is 0 Å². The van der Waals surface area contributed by atoms with Crippen molar-refractivity contribution >= 4 is 11.7 Å². The second kappa shape index (κ2) is 7.96. The molecule has 0 N–H and O–H groups in total. The molecule has 1 aliphatic rings. The molecule has 0 aliphatic carbocycles.